The number of benzene rings is 6. The van der Waals surface area contributed by atoms with E-state index in [-0.39, 0.29) is 0 Å². The van der Waals surface area contributed by atoms with Crippen molar-refractivity contribution in [2.24, 2.45) is 0 Å². The molecule has 0 aliphatic rings. The third-order valence-corrected chi connectivity index (χ3v) is 19.2. The van der Waals surface area contributed by atoms with Crippen molar-refractivity contribution in [1.82, 2.24) is 0 Å². The molecular formula is C72H78N2S4. The van der Waals surface area contributed by atoms with Gasteiger partial charge in [-0.1, -0.05) is 145 Å². The summed E-state index contributed by atoms with van der Waals surface area (Å²) in [4.78, 5) is 15.7. The van der Waals surface area contributed by atoms with Crippen LogP contribution in [0.1, 0.15) is 121 Å². The van der Waals surface area contributed by atoms with Crippen LogP contribution in [0.15, 0.2) is 188 Å². The summed E-state index contributed by atoms with van der Waals surface area (Å²) in [5, 5.41) is 0. The second-order valence-electron chi connectivity index (χ2n) is 20.8. The number of hydrogen-bond acceptors (Lipinski definition) is 6. The van der Waals surface area contributed by atoms with Crippen LogP contribution in [0.3, 0.4) is 0 Å². The fourth-order valence-electron chi connectivity index (χ4n) is 10.2. The summed E-state index contributed by atoms with van der Waals surface area (Å²) >= 11 is 7.56. The Balaban J connectivity index is 0.000000193. The molecule has 0 fully saturated rings. The second-order valence-corrected chi connectivity index (χ2v) is 25.9. The summed E-state index contributed by atoms with van der Waals surface area (Å²) in [5.41, 5.74) is 16.6. The van der Waals surface area contributed by atoms with Gasteiger partial charge >= 0.3 is 0 Å². The Morgan fingerprint density at radius 3 is 0.987 bits per heavy atom. The van der Waals surface area contributed by atoms with Gasteiger partial charge in [0.1, 0.15) is 0 Å². The van der Waals surface area contributed by atoms with Gasteiger partial charge in [0.15, 0.2) is 0 Å². The molecule has 0 N–H and O–H groups in total. The molecule has 0 radical (unpaired) electrons. The molecule has 10 rings (SSSR count). The number of rotatable bonds is 23. The number of aryl methyl sites for hydroxylation is 7. The van der Waals surface area contributed by atoms with E-state index in [2.05, 4.69) is 246 Å². The fourth-order valence-corrected chi connectivity index (χ4v) is 14.1. The minimum Gasteiger partial charge on any atom is -0.311 e. The maximum absolute atomic E-state index is 2.43. The number of hydrogen-bond donors (Lipinski definition) is 0. The van der Waals surface area contributed by atoms with Crippen molar-refractivity contribution in [1.29, 1.82) is 0 Å². The topological polar surface area (TPSA) is 6.48 Å². The van der Waals surface area contributed by atoms with E-state index in [1.807, 2.05) is 45.3 Å². The molecular weight excluding hydrogens is 1020 g/mol. The maximum Gasteiger partial charge on any atom is 0.0462 e. The Morgan fingerprint density at radius 1 is 0.295 bits per heavy atom. The molecule has 0 amide bonds. The Bertz CT molecular complexity index is 3190. The SMILES string of the molecule is CCCCCCc1cc(-c2ccc(N(c3ccccc3)c3ccc(-c4cc(CCCCCC)c(C)s4)cc3)cc2)sc1C.CCCCc1ccc(N(c2ccc(-c3ccc(C)s3)cc2)c2ccc(-c3ccc(C)s3)cc2)cc1. The first-order valence-corrected chi connectivity index (χ1v) is 31.9. The molecule has 0 spiro atoms. The number of unbranched alkanes of at least 4 members (excludes halogenated alkanes) is 7. The highest BCUT2D eigenvalue weighted by Crippen LogP contribution is 2.41. The zero-order chi connectivity index (χ0) is 54.2. The van der Waals surface area contributed by atoms with E-state index in [1.165, 1.54) is 189 Å². The number of thiophene rings is 4. The predicted octanol–water partition coefficient (Wildman–Crippen LogP) is 24.0. The van der Waals surface area contributed by atoms with Crippen molar-refractivity contribution in [2.75, 3.05) is 9.80 Å². The van der Waals surface area contributed by atoms with Gasteiger partial charge in [-0.15, -0.1) is 45.3 Å². The molecule has 6 aromatic carbocycles. The largest absolute Gasteiger partial charge is 0.311 e. The molecule has 2 nitrogen and oxygen atoms in total. The minimum absolute atomic E-state index is 1.14. The summed E-state index contributed by atoms with van der Waals surface area (Å²) in [6, 6.07) is 69.7. The molecule has 4 aromatic heterocycles. The molecule has 0 aliphatic carbocycles. The Labute approximate surface area is 483 Å². The average molecular weight is 1100 g/mol. The van der Waals surface area contributed by atoms with E-state index >= 15 is 0 Å². The summed E-state index contributed by atoms with van der Waals surface area (Å²) in [7, 11) is 0. The Hall–Kier alpha value is -6.28. The third kappa shape index (κ3) is 14.7. The molecule has 0 saturated carbocycles. The van der Waals surface area contributed by atoms with Gasteiger partial charge in [-0.3, -0.25) is 0 Å². The number of anilines is 6. The predicted molar refractivity (Wildman–Crippen MR) is 349 cm³/mol. The Kier molecular flexibility index (Phi) is 20.3. The summed E-state index contributed by atoms with van der Waals surface area (Å²) < 4.78 is 0. The molecule has 400 valence electrons. The van der Waals surface area contributed by atoms with Crippen LogP contribution in [0, 0.1) is 27.7 Å². The molecule has 6 heteroatoms. The van der Waals surface area contributed by atoms with E-state index in [0.717, 1.165) is 6.42 Å². The lowest BCUT2D eigenvalue weighted by molar-refractivity contribution is 0.666. The lowest BCUT2D eigenvalue weighted by Gasteiger charge is -2.26. The standard InChI is InChI=1S/C40H47NS2.C32H31NS2/c1-5-7-9-12-16-34-28-39(42-30(34)3)32-20-24-37(25-21-32)41(36-18-14-11-15-19-36)38-26-22-33(23-27-38)40-29-35(31(4)43-40)17-13-10-8-6-2;1-4-5-6-25-9-15-28(16-10-25)33(29-17-11-26(12-18-29)31-21-7-23(2)34-31)30-19-13-27(14-20-30)32-22-8-24(3)35-32/h11,14-15,18-29H,5-10,12-13,16-17H2,1-4H3;7-22H,4-6H2,1-3H3. The number of para-hydroxylation sites is 1. The smallest absolute Gasteiger partial charge is 0.0462 e. The van der Waals surface area contributed by atoms with Gasteiger partial charge in [0.25, 0.3) is 0 Å². The van der Waals surface area contributed by atoms with Crippen LogP contribution >= 0.6 is 45.3 Å². The lowest BCUT2D eigenvalue weighted by atomic mass is 10.0. The quantitative estimate of drug-likeness (QED) is 0.0589. The van der Waals surface area contributed by atoms with E-state index in [1.54, 1.807) is 0 Å². The van der Waals surface area contributed by atoms with Crippen LogP contribution in [0.2, 0.25) is 0 Å². The lowest BCUT2D eigenvalue weighted by Crippen LogP contribution is -2.09. The molecule has 10 aromatic rings. The molecule has 4 heterocycles. The van der Waals surface area contributed by atoms with Crippen molar-refractivity contribution < 1.29 is 0 Å². The Morgan fingerprint density at radius 2 is 0.641 bits per heavy atom. The van der Waals surface area contributed by atoms with Gasteiger partial charge in [-0.05, 0) is 214 Å². The average Bonchev–Trinajstić information content (AvgIpc) is 4.32. The molecule has 0 atom stereocenters. The molecule has 0 saturated heterocycles. The second kappa shape index (κ2) is 28.0. The van der Waals surface area contributed by atoms with E-state index < -0.39 is 0 Å². The van der Waals surface area contributed by atoms with Crippen LogP contribution in [-0.2, 0) is 19.3 Å². The zero-order valence-electron chi connectivity index (χ0n) is 47.1. The van der Waals surface area contributed by atoms with E-state index in [9.17, 15) is 0 Å². The number of nitrogens with zero attached hydrogens (tertiary/aromatic N) is 2. The van der Waals surface area contributed by atoms with Crippen molar-refractivity contribution >= 4 is 79.5 Å². The minimum atomic E-state index is 1.14. The van der Waals surface area contributed by atoms with Gasteiger partial charge in [0.2, 0.25) is 0 Å². The van der Waals surface area contributed by atoms with Crippen LogP contribution in [0.4, 0.5) is 34.1 Å². The van der Waals surface area contributed by atoms with Crippen LogP contribution in [0.5, 0.6) is 0 Å². The third-order valence-electron chi connectivity index (χ3n) is 14.8. The molecule has 0 unspecified atom stereocenters. The van der Waals surface area contributed by atoms with Gasteiger partial charge in [-0.25, -0.2) is 0 Å². The van der Waals surface area contributed by atoms with Crippen molar-refractivity contribution in [3.8, 4) is 41.8 Å². The first-order chi connectivity index (χ1) is 38.2. The summed E-state index contributed by atoms with van der Waals surface area (Å²) in [6.07, 6.45) is 16.5. The van der Waals surface area contributed by atoms with E-state index in [0.29, 0.717) is 0 Å². The van der Waals surface area contributed by atoms with Crippen molar-refractivity contribution in [3.63, 3.8) is 0 Å². The van der Waals surface area contributed by atoms with E-state index in [4.69, 9.17) is 0 Å². The van der Waals surface area contributed by atoms with Gasteiger partial charge in [-0.2, -0.15) is 0 Å². The van der Waals surface area contributed by atoms with Crippen LogP contribution in [-0.4, -0.2) is 0 Å². The molecule has 0 aliphatic heterocycles. The monoisotopic (exact) mass is 1100 g/mol. The maximum atomic E-state index is 2.43. The summed E-state index contributed by atoms with van der Waals surface area (Å²) in [6.45, 7) is 15.7. The first kappa shape index (κ1) is 56.4. The first-order valence-electron chi connectivity index (χ1n) is 28.7. The van der Waals surface area contributed by atoms with Gasteiger partial charge in [0.05, 0.1) is 0 Å². The molecule has 0 bridgehead atoms. The highest BCUT2D eigenvalue weighted by Gasteiger charge is 2.17. The fraction of sp³-hybridized carbons (Fsp3) is 0.278. The molecule has 78 heavy (non-hydrogen) atoms. The van der Waals surface area contributed by atoms with Crippen LogP contribution < -0.4 is 9.80 Å². The van der Waals surface area contributed by atoms with Crippen LogP contribution in [0.25, 0.3) is 41.8 Å². The zero-order valence-corrected chi connectivity index (χ0v) is 50.4. The van der Waals surface area contributed by atoms with Gasteiger partial charge < -0.3 is 9.80 Å². The normalized spacial score (nSPS) is 11.2. The summed E-state index contributed by atoms with van der Waals surface area (Å²) in [5.74, 6) is 0. The highest BCUT2D eigenvalue weighted by molar-refractivity contribution is 7.16. The van der Waals surface area contributed by atoms with Gasteiger partial charge in [0, 0.05) is 73.1 Å². The van der Waals surface area contributed by atoms with Crippen molar-refractivity contribution in [2.45, 2.75) is 132 Å². The highest BCUT2D eigenvalue weighted by atomic mass is 32.1. The van der Waals surface area contributed by atoms with Crippen molar-refractivity contribution in [3.05, 3.63) is 224 Å².